The Bertz CT molecular complexity index is 1670. The molecule has 0 aliphatic carbocycles. The monoisotopic (exact) mass is 564 g/mol. The van der Waals surface area contributed by atoms with Crippen LogP contribution in [0, 0.1) is 20.8 Å². The zero-order chi connectivity index (χ0) is 27.8. The van der Waals surface area contributed by atoms with Gasteiger partial charge in [0.05, 0.1) is 17.8 Å². The van der Waals surface area contributed by atoms with Gasteiger partial charge in [-0.25, -0.2) is 0 Å². The molecule has 3 heterocycles. The van der Waals surface area contributed by atoms with Crippen molar-refractivity contribution in [3.8, 4) is 17.2 Å². The molecule has 0 unspecified atom stereocenters. The molecule has 40 heavy (non-hydrogen) atoms. The van der Waals surface area contributed by atoms with E-state index in [1.807, 2.05) is 79.0 Å². The maximum absolute atomic E-state index is 6.52. The van der Waals surface area contributed by atoms with Gasteiger partial charge in [-0.15, -0.1) is 0 Å². The van der Waals surface area contributed by atoms with Crippen molar-refractivity contribution < 1.29 is 4.74 Å². The Labute approximate surface area is 245 Å². The van der Waals surface area contributed by atoms with Gasteiger partial charge in [-0.2, -0.15) is 0 Å². The molecule has 2 atom stereocenters. The first-order chi connectivity index (χ1) is 19.4. The zero-order valence-electron chi connectivity index (χ0n) is 22.5. The number of hydrogen-bond donors (Lipinski definition) is 1. The van der Waals surface area contributed by atoms with Crippen molar-refractivity contribution in [3.05, 3.63) is 136 Å². The maximum Gasteiger partial charge on any atom is 0.174 e. The van der Waals surface area contributed by atoms with Gasteiger partial charge < -0.3 is 19.5 Å². The molecule has 0 bridgehead atoms. The van der Waals surface area contributed by atoms with Gasteiger partial charge in [0.1, 0.15) is 11.5 Å². The number of rotatable bonds is 6. The number of pyridine rings is 1. The summed E-state index contributed by atoms with van der Waals surface area (Å²) in [6.45, 7) is 6.35. The number of aromatic nitrogens is 2. The van der Waals surface area contributed by atoms with Crippen molar-refractivity contribution in [2.24, 2.45) is 0 Å². The molecule has 6 rings (SSSR count). The lowest BCUT2D eigenvalue weighted by Crippen LogP contribution is -2.29. The average Bonchev–Trinajstić information content (AvgIpc) is 3.46. The molecule has 5 nitrogen and oxygen atoms in total. The first-order valence-electron chi connectivity index (χ1n) is 13.2. The lowest BCUT2D eigenvalue weighted by molar-refractivity contribution is 0.482. The van der Waals surface area contributed by atoms with Crippen LogP contribution >= 0.6 is 23.8 Å². The topological polar surface area (TPSA) is 42.3 Å². The fraction of sp³-hybridized carbons (Fsp3) is 0.152. The summed E-state index contributed by atoms with van der Waals surface area (Å²) < 4.78 is 8.32. The summed E-state index contributed by atoms with van der Waals surface area (Å²) in [5.41, 5.74) is 7.46. The van der Waals surface area contributed by atoms with E-state index >= 15 is 0 Å². The molecule has 0 amide bonds. The standard InChI is InChI=1S/C33H29ClN4OS/c1-21-20-27(23(3)37(21)30-14-9-12-28(34)22(30)2)32-31(29-13-7-8-19-35-29)36-33(40)38(32)24-15-17-26(18-16-24)39-25-10-5-4-6-11-25/h4-20,31-32H,1-3H3,(H,36,40)/t31-,32-/m1/s1. The summed E-state index contributed by atoms with van der Waals surface area (Å²) in [4.78, 5) is 6.90. The third kappa shape index (κ3) is 4.74. The number of thiocarbonyl (C=S) groups is 1. The number of para-hydroxylation sites is 1. The Hall–Kier alpha value is -4.13. The molecule has 2 aromatic heterocycles. The molecule has 3 aromatic carbocycles. The predicted octanol–water partition coefficient (Wildman–Crippen LogP) is 8.42. The smallest absolute Gasteiger partial charge is 0.174 e. The van der Waals surface area contributed by atoms with Gasteiger partial charge in [0.25, 0.3) is 0 Å². The second-order valence-electron chi connectivity index (χ2n) is 9.95. The largest absolute Gasteiger partial charge is 0.457 e. The quantitative estimate of drug-likeness (QED) is 0.210. The summed E-state index contributed by atoms with van der Waals surface area (Å²) in [7, 11) is 0. The van der Waals surface area contributed by atoms with Crippen molar-refractivity contribution >= 4 is 34.6 Å². The first kappa shape index (κ1) is 26.1. The zero-order valence-corrected chi connectivity index (χ0v) is 24.1. The van der Waals surface area contributed by atoms with Crippen LogP contribution in [0.3, 0.4) is 0 Å². The van der Waals surface area contributed by atoms with Crippen molar-refractivity contribution in [1.29, 1.82) is 0 Å². The summed E-state index contributed by atoms with van der Waals surface area (Å²) in [6, 6.07) is 31.9. The van der Waals surface area contributed by atoms with E-state index in [1.165, 1.54) is 5.56 Å². The van der Waals surface area contributed by atoms with Crippen molar-refractivity contribution in [2.75, 3.05) is 4.90 Å². The van der Waals surface area contributed by atoms with Crippen molar-refractivity contribution in [2.45, 2.75) is 32.9 Å². The molecule has 1 saturated heterocycles. The summed E-state index contributed by atoms with van der Waals surface area (Å²) in [6.07, 6.45) is 1.83. The van der Waals surface area contributed by atoms with Crippen LogP contribution in [0.15, 0.2) is 103 Å². The summed E-state index contributed by atoms with van der Waals surface area (Å²) in [5.74, 6) is 1.56. The lowest BCUT2D eigenvalue weighted by Gasteiger charge is -2.28. The number of aryl methyl sites for hydroxylation is 1. The Morgan fingerprint density at radius 2 is 1.57 bits per heavy atom. The number of ether oxygens (including phenoxy) is 1. The van der Waals surface area contributed by atoms with E-state index in [0.29, 0.717) is 5.11 Å². The Morgan fingerprint density at radius 3 is 2.30 bits per heavy atom. The summed E-state index contributed by atoms with van der Waals surface area (Å²) in [5, 5.41) is 4.98. The predicted molar refractivity (Wildman–Crippen MR) is 166 cm³/mol. The Balaban J connectivity index is 1.44. The highest BCUT2D eigenvalue weighted by molar-refractivity contribution is 7.80. The maximum atomic E-state index is 6.52. The van der Waals surface area contributed by atoms with Crippen LogP contribution in [0.1, 0.15) is 40.3 Å². The first-order valence-corrected chi connectivity index (χ1v) is 14.0. The fourth-order valence-electron chi connectivity index (χ4n) is 5.54. The van der Waals surface area contributed by atoms with E-state index < -0.39 is 0 Å². The van der Waals surface area contributed by atoms with Gasteiger partial charge in [0, 0.05) is 34.0 Å². The van der Waals surface area contributed by atoms with Gasteiger partial charge in [-0.1, -0.05) is 41.9 Å². The molecule has 0 spiro atoms. The summed E-state index contributed by atoms with van der Waals surface area (Å²) >= 11 is 12.5. The van der Waals surface area contributed by atoms with Crippen LogP contribution in [0.25, 0.3) is 5.69 Å². The van der Waals surface area contributed by atoms with E-state index in [0.717, 1.165) is 50.5 Å². The van der Waals surface area contributed by atoms with Crippen LogP contribution in [0.5, 0.6) is 11.5 Å². The van der Waals surface area contributed by atoms with E-state index in [1.54, 1.807) is 0 Å². The van der Waals surface area contributed by atoms with Gasteiger partial charge in [0.2, 0.25) is 0 Å². The number of hydrogen-bond acceptors (Lipinski definition) is 3. The van der Waals surface area contributed by atoms with Crippen molar-refractivity contribution in [1.82, 2.24) is 14.9 Å². The van der Waals surface area contributed by atoms with Crippen LogP contribution in [0.4, 0.5) is 5.69 Å². The van der Waals surface area contributed by atoms with Crippen LogP contribution in [0.2, 0.25) is 5.02 Å². The highest BCUT2D eigenvalue weighted by atomic mass is 35.5. The minimum absolute atomic E-state index is 0.122. The molecule has 1 fully saturated rings. The van der Waals surface area contributed by atoms with E-state index in [9.17, 15) is 0 Å². The molecular formula is C33H29ClN4OS. The third-order valence-corrected chi connectivity index (χ3v) is 8.18. The fourth-order valence-corrected chi connectivity index (χ4v) is 6.06. The van der Waals surface area contributed by atoms with Crippen molar-refractivity contribution in [3.63, 3.8) is 0 Å². The molecule has 1 N–H and O–H groups in total. The SMILES string of the molecule is Cc1c(Cl)cccc1-n1c(C)cc([C@@H]2[C@@H](c3ccccn3)NC(=S)N2c2ccc(Oc3ccccc3)cc2)c1C. The second kappa shape index (κ2) is 10.8. The number of nitrogens with zero attached hydrogens (tertiary/aromatic N) is 3. The Kier molecular flexibility index (Phi) is 7.05. The number of nitrogens with one attached hydrogen (secondary N) is 1. The molecule has 0 saturated carbocycles. The third-order valence-electron chi connectivity index (χ3n) is 7.46. The minimum atomic E-state index is -0.136. The average molecular weight is 565 g/mol. The van der Waals surface area contributed by atoms with Crippen LogP contribution in [-0.4, -0.2) is 14.7 Å². The lowest BCUT2D eigenvalue weighted by atomic mass is 9.96. The van der Waals surface area contributed by atoms with Gasteiger partial charge in [-0.05, 0) is 111 Å². The number of halogens is 1. The van der Waals surface area contributed by atoms with Gasteiger partial charge in [-0.3, -0.25) is 4.98 Å². The molecule has 0 radical (unpaired) electrons. The molecule has 1 aliphatic rings. The molecule has 1 aliphatic heterocycles. The number of benzene rings is 3. The minimum Gasteiger partial charge on any atom is -0.457 e. The number of anilines is 1. The molecule has 7 heteroatoms. The van der Waals surface area contributed by atoms with E-state index in [2.05, 4.69) is 59.8 Å². The van der Waals surface area contributed by atoms with E-state index in [-0.39, 0.29) is 12.1 Å². The highest BCUT2D eigenvalue weighted by Gasteiger charge is 2.42. The van der Waals surface area contributed by atoms with Gasteiger partial charge in [0.15, 0.2) is 5.11 Å². The Morgan fingerprint density at radius 1 is 0.850 bits per heavy atom. The van der Waals surface area contributed by atoms with Crippen LogP contribution < -0.4 is 15.0 Å². The van der Waals surface area contributed by atoms with E-state index in [4.69, 9.17) is 33.5 Å². The second-order valence-corrected chi connectivity index (χ2v) is 10.7. The normalized spacial score (nSPS) is 16.7. The van der Waals surface area contributed by atoms with Crippen LogP contribution in [-0.2, 0) is 0 Å². The highest BCUT2D eigenvalue weighted by Crippen LogP contribution is 2.44. The molecule has 5 aromatic rings. The molecular weight excluding hydrogens is 536 g/mol. The van der Waals surface area contributed by atoms with Gasteiger partial charge >= 0.3 is 0 Å². The molecule has 200 valence electrons.